The van der Waals surface area contributed by atoms with Crippen molar-refractivity contribution in [3.63, 3.8) is 0 Å². The number of carbonyl (C=O) groups excluding carboxylic acids is 1. The van der Waals surface area contributed by atoms with Crippen LogP contribution in [0.4, 0.5) is 14.5 Å². The highest BCUT2D eigenvalue weighted by Gasteiger charge is 2.23. The molecule has 0 spiro atoms. The van der Waals surface area contributed by atoms with Crippen molar-refractivity contribution in [1.82, 2.24) is 15.0 Å². The van der Waals surface area contributed by atoms with Gasteiger partial charge in [-0.25, -0.2) is 13.5 Å². The lowest BCUT2D eigenvalue weighted by molar-refractivity contribution is -0.119. The van der Waals surface area contributed by atoms with Crippen LogP contribution in [0.25, 0.3) is 5.69 Å². The zero-order valence-electron chi connectivity index (χ0n) is 11.5. The van der Waals surface area contributed by atoms with Crippen molar-refractivity contribution in [3.8, 4) is 5.69 Å². The van der Waals surface area contributed by atoms with E-state index in [4.69, 9.17) is 0 Å². The molecule has 0 radical (unpaired) electrons. The van der Waals surface area contributed by atoms with E-state index in [1.165, 1.54) is 16.8 Å². The van der Waals surface area contributed by atoms with E-state index in [1.54, 1.807) is 18.0 Å². The molecule has 1 aromatic heterocycles. The summed E-state index contributed by atoms with van der Waals surface area (Å²) in [6, 6.07) is 2.45. The number of anilines is 1. The first kappa shape index (κ1) is 13.7. The summed E-state index contributed by atoms with van der Waals surface area (Å²) < 4.78 is 29.8. The van der Waals surface area contributed by atoms with Crippen LogP contribution in [0.3, 0.4) is 0 Å². The molecule has 21 heavy (non-hydrogen) atoms. The Morgan fingerprint density at radius 2 is 1.76 bits per heavy atom. The number of hydrogen-bond acceptors (Lipinski definition) is 4. The maximum Gasteiger partial charge on any atom is 0.151 e. The van der Waals surface area contributed by atoms with Crippen LogP contribution in [0.15, 0.2) is 18.3 Å². The number of aromatic nitrogens is 3. The number of Topliss-reactive ketones (excluding diaryl/α,β-unsaturated/α-hetero) is 1. The van der Waals surface area contributed by atoms with Crippen LogP contribution >= 0.6 is 0 Å². The molecule has 1 saturated heterocycles. The highest BCUT2D eigenvalue weighted by atomic mass is 19.1. The van der Waals surface area contributed by atoms with Gasteiger partial charge in [-0.05, 0) is 6.92 Å². The Balaban J connectivity index is 1.95. The van der Waals surface area contributed by atoms with Crippen LogP contribution < -0.4 is 4.90 Å². The van der Waals surface area contributed by atoms with Gasteiger partial charge in [-0.1, -0.05) is 5.21 Å². The number of ketones is 1. The van der Waals surface area contributed by atoms with Crippen LogP contribution in [-0.2, 0) is 4.79 Å². The molecule has 0 atom stereocenters. The molecule has 1 fully saturated rings. The molecular weight excluding hydrogens is 278 g/mol. The minimum Gasteiger partial charge on any atom is -0.366 e. The Bertz CT molecular complexity index is 665. The number of rotatable bonds is 2. The van der Waals surface area contributed by atoms with Gasteiger partial charge in [-0.3, -0.25) is 4.79 Å². The van der Waals surface area contributed by atoms with Crippen molar-refractivity contribution in [1.29, 1.82) is 0 Å². The van der Waals surface area contributed by atoms with Crippen LogP contribution in [0.2, 0.25) is 0 Å². The molecule has 1 aliphatic heterocycles. The summed E-state index contributed by atoms with van der Waals surface area (Å²) in [5.74, 6) is -1.19. The minimum atomic E-state index is -0.660. The molecular formula is C14H14F2N4O. The molecule has 1 aliphatic rings. The molecule has 1 aromatic carbocycles. The van der Waals surface area contributed by atoms with Crippen molar-refractivity contribution in [2.75, 3.05) is 18.0 Å². The predicted octanol–water partition coefficient (Wildman–Crippen LogP) is 2.02. The van der Waals surface area contributed by atoms with Crippen LogP contribution in [-0.4, -0.2) is 33.9 Å². The average molecular weight is 292 g/mol. The summed E-state index contributed by atoms with van der Waals surface area (Å²) in [4.78, 5) is 12.8. The molecule has 2 heterocycles. The first-order valence-electron chi connectivity index (χ1n) is 6.69. The number of carbonyl (C=O) groups is 1. The van der Waals surface area contributed by atoms with E-state index in [1.807, 2.05) is 0 Å². The topological polar surface area (TPSA) is 51.0 Å². The second-order valence-electron chi connectivity index (χ2n) is 5.09. The highest BCUT2D eigenvalue weighted by Crippen LogP contribution is 2.28. The van der Waals surface area contributed by atoms with Gasteiger partial charge < -0.3 is 4.90 Å². The fraction of sp³-hybridized carbons (Fsp3) is 0.357. The van der Waals surface area contributed by atoms with E-state index >= 15 is 0 Å². The fourth-order valence-corrected chi connectivity index (χ4v) is 2.44. The Morgan fingerprint density at radius 1 is 1.14 bits per heavy atom. The molecule has 5 nitrogen and oxygen atoms in total. The number of benzene rings is 1. The summed E-state index contributed by atoms with van der Waals surface area (Å²) >= 11 is 0. The first-order chi connectivity index (χ1) is 10.0. The normalized spacial score (nSPS) is 15.6. The van der Waals surface area contributed by atoms with E-state index in [2.05, 4.69) is 10.3 Å². The third kappa shape index (κ3) is 2.63. The number of hydrogen-bond donors (Lipinski definition) is 0. The van der Waals surface area contributed by atoms with Crippen LogP contribution in [0, 0.1) is 18.6 Å². The third-order valence-electron chi connectivity index (χ3n) is 3.51. The van der Waals surface area contributed by atoms with Gasteiger partial charge in [-0.15, -0.1) is 5.10 Å². The molecule has 110 valence electrons. The van der Waals surface area contributed by atoms with Gasteiger partial charge in [0.15, 0.2) is 11.6 Å². The summed E-state index contributed by atoms with van der Waals surface area (Å²) in [5.41, 5.74) is 0.861. The lowest BCUT2D eigenvalue weighted by Gasteiger charge is -2.28. The smallest absolute Gasteiger partial charge is 0.151 e. The Kier molecular flexibility index (Phi) is 3.40. The van der Waals surface area contributed by atoms with E-state index in [9.17, 15) is 13.6 Å². The number of nitrogens with zero attached hydrogens (tertiary/aromatic N) is 4. The van der Waals surface area contributed by atoms with Gasteiger partial charge in [0.2, 0.25) is 0 Å². The van der Waals surface area contributed by atoms with Gasteiger partial charge in [0.05, 0.1) is 17.6 Å². The maximum atomic E-state index is 14.3. The van der Waals surface area contributed by atoms with Crippen molar-refractivity contribution in [2.24, 2.45) is 0 Å². The summed E-state index contributed by atoms with van der Waals surface area (Å²) in [6.07, 6.45) is 2.24. The lowest BCUT2D eigenvalue weighted by atomic mass is 10.1. The maximum absolute atomic E-state index is 14.3. The van der Waals surface area contributed by atoms with Crippen LogP contribution in [0.5, 0.6) is 0 Å². The van der Waals surface area contributed by atoms with E-state index in [0.29, 0.717) is 31.6 Å². The molecule has 0 saturated carbocycles. The minimum absolute atomic E-state index is 0.0805. The molecule has 0 aliphatic carbocycles. The number of aryl methyl sites for hydroxylation is 1. The number of halogens is 2. The van der Waals surface area contributed by atoms with Gasteiger partial charge in [0.25, 0.3) is 0 Å². The molecule has 3 rings (SSSR count). The van der Waals surface area contributed by atoms with Gasteiger partial charge in [0, 0.05) is 38.1 Å². The Hall–Kier alpha value is -2.31. The van der Waals surface area contributed by atoms with Gasteiger partial charge in [-0.2, -0.15) is 0 Å². The third-order valence-corrected chi connectivity index (χ3v) is 3.51. The van der Waals surface area contributed by atoms with Crippen molar-refractivity contribution in [2.45, 2.75) is 19.8 Å². The van der Waals surface area contributed by atoms with Gasteiger partial charge >= 0.3 is 0 Å². The largest absolute Gasteiger partial charge is 0.366 e. The second-order valence-corrected chi connectivity index (χ2v) is 5.09. The Morgan fingerprint density at radius 3 is 2.29 bits per heavy atom. The van der Waals surface area contributed by atoms with Crippen LogP contribution in [0.1, 0.15) is 18.5 Å². The monoisotopic (exact) mass is 292 g/mol. The van der Waals surface area contributed by atoms with E-state index in [0.717, 1.165) is 0 Å². The molecule has 7 heteroatoms. The van der Waals surface area contributed by atoms with Gasteiger partial charge in [0.1, 0.15) is 11.5 Å². The van der Waals surface area contributed by atoms with Crippen molar-refractivity contribution < 1.29 is 13.6 Å². The molecule has 0 bridgehead atoms. The average Bonchev–Trinajstić information content (AvgIpc) is 2.87. The fourth-order valence-electron chi connectivity index (χ4n) is 2.44. The molecule has 0 unspecified atom stereocenters. The summed E-state index contributed by atoms with van der Waals surface area (Å²) in [7, 11) is 0. The van der Waals surface area contributed by atoms with E-state index < -0.39 is 11.6 Å². The molecule has 2 aromatic rings. The summed E-state index contributed by atoms with van der Waals surface area (Å²) in [5, 5.41) is 7.59. The zero-order valence-corrected chi connectivity index (χ0v) is 11.5. The zero-order chi connectivity index (χ0) is 15.0. The standard InChI is InChI=1S/C14H14F2N4O/c1-9-8-20(18-17-9)10-6-12(15)14(13(16)7-10)19-4-2-11(21)3-5-19/h6-8H,2-5H2,1H3. The highest BCUT2D eigenvalue weighted by molar-refractivity contribution is 5.81. The van der Waals surface area contributed by atoms with Crippen molar-refractivity contribution in [3.05, 3.63) is 35.7 Å². The number of piperidine rings is 1. The van der Waals surface area contributed by atoms with E-state index in [-0.39, 0.29) is 17.2 Å². The Labute approximate surface area is 120 Å². The summed E-state index contributed by atoms with van der Waals surface area (Å²) in [6.45, 7) is 2.43. The predicted molar refractivity (Wildman–Crippen MR) is 72.5 cm³/mol. The first-order valence-corrected chi connectivity index (χ1v) is 6.69. The molecule has 0 N–H and O–H groups in total. The van der Waals surface area contributed by atoms with Crippen molar-refractivity contribution >= 4 is 11.5 Å². The second kappa shape index (κ2) is 5.23. The molecule has 0 amide bonds. The lowest BCUT2D eigenvalue weighted by Crippen LogP contribution is -2.35. The SMILES string of the molecule is Cc1cn(-c2cc(F)c(N3CCC(=O)CC3)c(F)c2)nn1. The quantitative estimate of drug-likeness (QED) is 0.850.